The fraction of sp³-hybridized carbons (Fsp3) is 0.333. The number of rotatable bonds is 1. The van der Waals surface area contributed by atoms with Crippen molar-refractivity contribution in [2.24, 2.45) is 11.8 Å². The number of nitrogens with one attached hydrogen (secondary N) is 1. The molecule has 2 heterocycles. The van der Waals surface area contributed by atoms with Gasteiger partial charge in [0.1, 0.15) is 5.66 Å². The van der Waals surface area contributed by atoms with Gasteiger partial charge in [-0.15, -0.1) is 5.10 Å². The van der Waals surface area contributed by atoms with Crippen LogP contribution in [0.4, 0.5) is 5.69 Å². The van der Waals surface area contributed by atoms with Crippen molar-refractivity contribution >= 4 is 5.69 Å². The second kappa shape index (κ2) is 4.72. The minimum absolute atomic E-state index is 0.0906. The first kappa shape index (κ1) is 13.6. The first-order valence-corrected chi connectivity index (χ1v) is 9.24. The molecule has 124 valence electrons. The number of para-hydroxylation sites is 1. The van der Waals surface area contributed by atoms with E-state index in [1.54, 1.807) is 0 Å². The second-order valence-electron chi connectivity index (χ2n) is 7.71. The highest BCUT2D eigenvalue weighted by Gasteiger charge is 2.55. The van der Waals surface area contributed by atoms with E-state index in [1.165, 1.54) is 24.9 Å². The Morgan fingerprint density at radius 3 is 2.64 bits per heavy atom. The lowest BCUT2D eigenvalue weighted by atomic mass is 9.86. The van der Waals surface area contributed by atoms with E-state index >= 15 is 0 Å². The highest BCUT2D eigenvalue weighted by molar-refractivity contribution is 5.78. The molecule has 2 bridgehead atoms. The zero-order valence-electron chi connectivity index (χ0n) is 14.0. The van der Waals surface area contributed by atoms with Gasteiger partial charge in [-0.2, -0.15) is 0 Å². The van der Waals surface area contributed by atoms with Crippen molar-refractivity contribution in [3.63, 3.8) is 0 Å². The summed E-state index contributed by atoms with van der Waals surface area (Å²) in [5, 5.41) is 8.90. The van der Waals surface area contributed by atoms with Crippen molar-refractivity contribution in [3.05, 3.63) is 54.6 Å². The van der Waals surface area contributed by atoms with Crippen molar-refractivity contribution in [2.45, 2.75) is 31.3 Å². The van der Waals surface area contributed by atoms with Crippen molar-refractivity contribution < 1.29 is 0 Å². The number of nitrogens with zero attached hydrogens (tertiary/aromatic N) is 3. The van der Waals surface area contributed by atoms with Crippen molar-refractivity contribution in [2.75, 3.05) is 5.32 Å². The number of benzene rings is 2. The second-order valence-corrected chi connectivity index (χ2v) is 7.71. The van der Waals surface area contributed by atoms with Crippen LogP contribution in [0.3, 0.4) is 0 Å². The van der Waals surface area contributed by atoms with Crippen LogP contribution in [0.2, 0.25) is 0 Å². The average Bonchev–Trinajstić information content (AvgIpc) is 3.37. The summed E-state index contributed by atoms with van der Waals surface area (Å²) in [6.45, 7) is 0. The van der Waals surface area contributed by atoms with E-state index in [0.29, 0.717) is 5.92 Å². The molecule has 2 saturated carbocycles. The van der Waals surface area contributed by atoms with E-state index in [-0.39, 0.29) is 5.66 Å². The summed E-state index contributed by atoms with van der Waals surface area (Å²) >= 11 is 0. The van der Waals surface area contributed by atoms with Crippen LogP contribution in [0.25, 0.3) is 22.8 Å². The average molecular weight is 328 g/mol. The quantitative estimate of drug-likeness (QED) is 0.714. The third-order valence-corrected chi connectivity index (χ3v) is 6.35. The van der Waals surface area contributed by atoms with Gasteiger partial charge in [0, 0.05) is 22.7 Å². The zero-order chi connectivity index (χ0) is 16.4. The molecule has 3 atom stereocenters. The third kappa shape index (κ3) is 1.77. The largest absolute Gasteiger partial charge is 0.360 e. The highest BCUT2D eigenvalue weighted by atomic mass is 15.5. The van der Waals surface area contributed by atoms with E-state index in [4.69, 9.17) is 10.1 Å². The Kier molecular flexibility index (Phi) is 2.58. The summed E-state index contributed by atoms with van der Waals surface area (Å²) in [6, 6.07) is 18.8. The molecule has 0 radical (unpaired) electrons. The molecule has 1 aromatic heterocycles. The van der Waals surface area contributed by atoms with E-state index in [2.05, 4.69) is 58.5 Å². The lowest BCUT2D eigenvalue weighted by Crippen LogP contribution is -2.49. The van der Waals surface area contributed by atoms with Crippen LogP contribution in [0, 0.1) is 11.8 Å². The van der Waals surface area contributed by atoms with Gasteiger partial charge in [-0.05, 0) is 43.7 Å². The fourth-order valence-corrected chi connectivity index (χ4v) is 5.26. The summed E-state index contributed by atoms with van der Waals surface area (Å²) < 4.78 is 2.22. The fourth-order valence-electron chi connectivity index (χ4n) is 5.26. The lowest BCUT2D eigenvalue weighted by Gasteiger charge is -2.43. The maximum absolute atomic E-state index is 5.02. The Morgan fingerprint density at radius 1 is 1.00 bits per heavy atom. The van der Waals surface area contributed by atoms with E-state index in [0.717, 1.165) is 35.1 Å². The Labute approximate surface area is 146 Å². The first-order chi connectivity index (χ1) is 12.3. The van der Waals surface area contributed by atoms with Crippen molar-refractivity contribution in [3.8, 4) is 22.8 Å². The van der Waals surface area contributed by atoms with Crippen LogP contribution in [-0.4, -0.2) is 14.8 Å². The van der Waals surface area contributed by atoms with Crippen LogP contribution >= 0.6 is 0 Å². The molecule has 2 fully saturated rings. The van der Waals surface area contributed by atoms with E-state index in [9.17, 15) is 0 Å². The van der Waals surface area contributed by atoms with Gasteiger partial charge in [-0.1, -0.05) is 42.5 Å². The molecule has 1 aliphatic heterocycles. The molecular formula is C21H20N4. The maximum atomic E-state index is 5.02. The monoisotopic (exact) mass is 328 g/mol. The molecule has 25 heavy (non-hydrogen) atoms. The summed E-state index contributed by atoms with van der Waals surface area (Å²) in [4.78, 5) is 4.98. The maximum Gasteiger partial charge on any atom is 0.181 e. The van der Waals surface area contributed by atoms with Gasteiger partial charge >= 0.3 is 0 Å². The van der Waals surface area contributed by atoms with Gasteiger partial charge in [0.15, 0.2) is 11.6 Å². The Morgan fingerprint density at radius 2 is 1.84 bits per heavy atom. The molecular weight excluding hydrogens is 308 g/mol. The van der Waals surface area contributed by atoms with Crippen LogP contribution in [-0.2, 0) is 5.66 Å². The van der Waals surface area contributed by atoms with E-state index < -0.39 is 0 Å². The number of fused-ring (bicyclic) bond motifs is 7. The lowest BCUT2D eigenvalue weighted by molar-refractivity contribution is 0.185. The molecule has 1 spiro atoms. The van der Waals surface area contributed by atoms with Gasteiger partial charge in [0.25, 0.3) is 0 Å². The summed E-state index contributed by atoms with van der Waals surface area (Å²) in [7, 11) is 0. The standard InChI is InChI=1S/C21H20N4/c1-2-6-15(7-3-1)19-22-20-17-8-4-5-9-18(17)23-21(25(20)24-19)13-14-10-11-16(21)12-14/h1-9,14,16,23H,10-13H2/t14-,16-,21+/m0/s1. The Balaban J connectivity index is 1.59. The van der Waals surface area contributed by atoms with Crippen LogP contribution in [0.15, 0.2) is 54.6 Å². The normalized spacial score (nSPS) is 28.6. The van der Waals surface area contributed by atoms with Crippen molar-refractivity contribution in [1.82, 2.24) is 14.8 Å². The molecule has 2 aromatic carbocycles. The first-order valence-electron chi connectivity index (χ1n) is 9.24. The minimum atomic E-state index is -0.0906. The van der Waals surface area contributed by atoms with E-state index in [1.807, 2.05) is 6.07 Å². The summed E-state index contributed by atoms with van der Waals surface area (Å²) in [5.41, 5.74) is 3.35. The van der Waals surface area contributed by atoms with Crippen LogP contribution in [0.1, 0.15) is 25.7 Å². The number of hydrogen-bond acceptors (Lipinski definition) is 3. The number of anilines is 1. The third-order valence-electron chi connectivity index (χ3n) is 6.35. The molecule has 0 unspecified atom stereocenters. The molecule has 0 amide bonds. The Bertz CT molecular complexity index is 961. The van der Waals surface area contributed by atoms with Crippen LogP contribution in [0.5, 0.6) is 0 Å². The Hall–Kier alpha value is -2.62. The van der Waals surface area contributed by atoms with Gasteiger partial charge in [0.05, 0.1) is 0 Å². The van der Waals surface area contributed by atoms with Gasteiger partial charge in [-0.3, -0.25) is 0 Å². The summed E-state index contributed by atoms with van der Waals surface area (Å²) in [5.74, 6) is 3.31. The SMILES string of the molecule is c1ccc(-c2nc3n(n2)[C@@]2(C[C@H]4CC[C@H]2C4)Nc2ccccc2-3)cc1. The molecule has 0 saturated heterocycles. The number of hydrogen-bond donors (Lipinski definition) is 1. The van der Waals surface area contributed by atoms with Gasteiger partial charge < -0.3 is 5.32 Å². The topological polar surface area (TPSA) is 42.7 Å². The van der Waals surface area contributed by atoms with Crippen molar-refractivity contribution in [1.29, 1.82) is 0 Å². The molecule has 3 aromatic rings. The molecule has 2 aliphatic carbocycles. The predicted molar refractivity (Wildman–Crippen MR) is 97.9 cm³/mol. The van der Waals surface area contributed by atoms with Gasteiger partial charge in [0.2, 0.25) is 0 Å². The predicted octanol–water partition coefficient (Wildman–Crippen LogP) is 4.51. The van der Waals surface area contributed by atoms with Gasteiger partial charge in [-0.25, -0.2) is 9.67 Å². The highest BCUT2D eigenvalue weighted by Crippen LogP contribution is 2.57. The summed E-state index contributed by atoms with van der Waals surface area (Å²) in [6.07, 6.45) is 5.14. The molecule has 6 rings (SSSR count). The molecule has 4 heteroatoms. The number of aromatic nitrogens is 3. The minimum Gasteiger partial charge on any atom is -0.360 e. The molecule has 3 aliphatic rings. The molecule has 1 N–H and O–H groups in total. The zero-order valence-corrected chi connectivity index (χ0v) is 14.0. The molecule has 4 nitrogen and oxygen atoms in total. The smallest absolute Gasteiger partial charge is 0.181 e. The van der Waals surface area contributed by atoms with Crippen LogP contribution < -0.4 is 5.32 Å².